The first-order valence-electron chi connectivity index (χ1n) is 7.08. The normalized spacial score (nSPS) is 22.7. The molecule has 1 aromatic carbocycles. The van der Waals surface area contributed by atoms with Gasteiger partial charge in [0.25, 0.3) is 0 Å². The average molecular weight is 278 g/mol. The summed E-state index contributed by atoms with van der Waals surface area (Å²) in [5, 5.41) is 0. The quantitative estimate of drug-likeness (QED) is 0.800. The zero-order chi connectivity index (χ0) is 14.1. The molecule has 0 radical (unpaired) electrons. The molecule has 0 N–H and O–H groups in total. The summed E-state index contributed by atoms with van der Waals surface area (Å²) >= 11 is 0. The topological polar surface area (TPSA) is 36.9 Å². The minimum absolute atomic E-state index is 0.103. The predicted octanol–water partition coefficient (Wildman–Crippen LogP) is 2.41. The van der Waals surface area contributed by atoms with Crippen LogP contribution in [0.3, 0.4) is 0 Å². The molecule has 0 spiro atoms. The molecule has 110 valence electrons. The summed E-state index contributed by atoms with van der Waals surface area (Å²) in [5.41, 5.74) is 1.23. The van der Waals surface area contributed by atoms with E-state index in [1.54, 1.807) is 0 Å². The first kappa shape index (κ1) is 13.9. The van der Waals surface area contributed by atoms with Gasteiger partial charge in [0, 0.05) is 5.41 Å². The Morgan fingerprint density at radius 3 is 2.15 bits per heavy atom. The molecular formula is C16H22O4. The summed E-state index contributed by atoms with van der Waals surface area (Å²) in [6.45, 7) is 8.54. The van der Waals surface area contributed by atoms with Gasteiger partial charge in [0.05, 0.1) is 39.6 Å². The summed E-state index contributed by atoms with van der Waals surface area (Å²) < 4.78 is 22.0. The Bertz CT molecular complexity index is 403. The summed E-state index contributed by atoms with van der Waals surface area (Å²) in [7, 11) is 0. The van der Waals surface area contributed by atoms with Crippen molar-refractivity contribution < 1.29 is 18.9 Å². The van der Waals surface area contributed by atoms with Gasteiger partial charge in [-0.15, -0.1) is 0 Å². The van der Waals surface area contributed by atoms with Gasteiger partial charge in [0.1, 0.15) is 11.4 Å². The van der Waals surface area contributed by atoms with Crippen LogP contribution in [0.5, 0.6) is 5.75 Å². The second kappa shape index (κ2) is 5.35. The van der Waals surface area contributed by atoms with Crippen molar-refractivity contribution in [2.45, 2.75) is 26.1 Å². The van der Waals surface area contributed by atoms with Gasteiger partial charge in [-0.2, -0.15) is 0 Å². The van der Waals surface area contributed by atoms with Gasteiger partial charge in [0.15, 0.2) is 0 Å². The van der Waals surface area contributed by atoms with E-state index in [9.17, 15) is 0 Å². The summed E-state index contributed by atoms with van der Waals surface area (Å²) in [6.07, 6.45) is 0. The maximum atomic E-state index is 5.85. The molecule has 4 heteroatoms. The van der Waals surface area contributed by atoms with Gasteiger partial charge < -0.3 is 18.9 Å². The van der Waals surface area contributed by atoms with Crippen LogP contribution in [0, 0.1) is 5.41 Å². The van der Waals surface area contributed by atoms with Crippen molar-refractivity contribution in [2.24, 2.45) is 5.41 Å². The summed E-state index contributed by atoms with van der Waals surface area (Å²) in [4.78, 5) is 0. The first-order chi connectivity index (χ1) is 9.57. The highest BCUT2D eigenvalue weighted by molar-refractivity contribution is 5.27. The molecule has 2 fully saturated rings. The van der Waals surface area contributed by atoms with E-state index in [1.165, 1.54) is 0 Å². The van der Waals surface area contributed by atoms with Crippen LogP contribution in [0.1, 0.15) is 19.4 Å². The fraction of sp³-hybridized carbons (Fsp3) is 0.625. The largest absolute Gasteiger partial charge is 0.493 e. The number of rotatable bonds is 6. The SMILES string of the molecule is CC1(COc2ccc(COC3(C)COC3)cc2)COC1. The molecule has 0 bridgehead atoms. The Morgan fingerprint density at radius 2 is 1.65 bits per heavy atom. The highest BCUT2D eigenvalue weighted by Gasteiger charge is 2.35. The molecule has 0 saturated carbocycles. The Hall–Kier alpha value is -1.10. The molecule has 2 heterocycles. The van der Waals surface area contributed by atoms with Crippen LogP contribution in [0.15, 0.2) is 24.3 Å². The molecule has 1 aromatic rings. The van der Waals surface area contributed by atoms with E-state index in [1.807, 2.05) is 12.1 Å². The van der Waals surface area contributed by atoms with Crippen LogP contribution in [0.25, 0.3) is 0 Å². The molecule has 2 aliphatic rings. The van der Waals surface area contributed by atoms with Crippen LogP contribution >= 0.6 is 0 Å². The first-order valence-corrected chi connectivity index (χ1v) is 7.08. The van der Waals surface area contributed by atoms with Crippen molar-refractivity contribution in [1.29, 1.82) is 0 Å². The van der Waals surface area contributed by atoms with E-state index >= 15 is 0 Å². The highest BCUT2D eigenvalue weighted by Crippen LogP contribution is 2.28. The summed E-state index contributed by atoms with van der Waals surface area (Å²) in [6, 6.07) is 8.11. The third kappa shape index (κ3) is 3.14. The maximum Gasteiger partial charge on any atom is 0.119 e. The van der Waals surface area contributed by atoms with E-state index in [0.29, 0.717) is 26.4 Å². The Kier molecular flexibility index (Phi) is 3.71. The van der Waals surface area contributed by atoms with E-state index in [-0.39, 0.29) is 11.0 Å². The maximum absolute atomic E-state index is 5.85. The van der Waals surface area contributed by atoms with Crippen LogP contribution in [-0.4, -0.2) is 38.6 Å². The molecule has 4 nitrogen and oxygen atoms in total. The molecule has 2 aliphatic heterocycles. The molecular weight excluding hydrogens is 256 g/mol. The lowest BCUT2D eigenvalue weighted by Gasteiger charge is -2.38. The minimum atomic E-state index is -0.103. The van der Waals surface area contributed by atoms with Crippen LogP contribution in [0.2, 0.25) is 0 Å². The molecule has 0 amide bonds. The Labute approximate surface area is 120 Å². The molecule has 0 unspecified atom stereocenters. The smallest absolute Gasteiger partial charge is 0.119 e. The zero-order valence-corrected chi connectivity index (χ0v) is 12.2. The van der Waals surface area contributed by atoms with Crippen molar-refractivity contribution in [3.63, 3.8) is 0 Å². The minimum Gasteiger partial charge on any atom is -0.493 e. The monoisotopic (exact) mass is 278 g/mol. The number of hydrogen-bond donors (Lipinski definition) is 0. The zero-order valence-electron chi connectivity index (χ0n) is 12.2. The fourth-order valence-electron chi connectivity index (χ4n) is 2.20. The van der Waals surface area contributed by atoms with E-state index in [2.05, 4.69) is 26.0 Å². The number of ether oxygens (including phenoxy) is 4. The molecule has 2 saturated heterocycles. The van der Waals surface area contributed by atoms with Crippen molar-refractivity contribution in [1.82, 2.24) is 0 Å². The van der Waals surface area contributed by atoms with Crippen molar-refractivity contribution in [3.8, 4) is 5.75 Å². The van der Waals surface area contributed by atoms with E-state index in [4.69, 9.17) is 18.9 Å². The predicted molar refractivity (Wildman–Crippen MR) is 74.9 cm³/mol. The van der Waals surface area contributed by atoms with Crippen LogP contribution in [-0.2, 0) is 20.8 Å². The fourth-order valence-corrected chi connectivity index (χ4v) is 2.20. The van der Waals surface area contributed by atoms with Gasteiger partial charge in [-0.25, -0.2) is 0 Å². The van der Waals surface area contributed by atoms with E-state index in [0.717, 1.165) is 24.5 Å². The highest BCUT2D eigenvalue weighted by atomic mass is 16.6. The van der Waals surface area contributed by atoms with Gasteiger partial charge in [-0.05, 0) is 24.6 Å². The Balaban J connectivity index is 1.46. The van der Waals surface area contributed by atoms with Crippen LogP contribution < -0.4 is 4.74 Å². The van der Waals surface area contributed by atoms with Gasteiger partial charge in [-0.1, -0.05) is 19.1 Å². The molecule has 0 aliphatic carbocycles. The van der Waals surface area contributed by atoms with E-state index < -0.39 is 0 Å². The third-order valence-corrected chi connectivity index (χ3v) is 3.81. The number of benzene rings is 1. The molecule has 0 aromatic heterocycles. The standard InChI is InChI=1S/C16H22O4/c1-15(8-17-9-15)10-19-14-5-3-13(4-6-14)7-20-16(2)11-18-12-16/h3-6H,7-12H2,1-2H3. The lowest BCUT2D eigenvalue weighted by Crippen LogP contribution is -2.48. The average Bonchev–Trinajstić information content (AvgIpc) is 2.40. The van der Waals surface area contributed by atoms with Crippen molar-refractivity contribution in [3.05, 3.63) is 29.8 Å². The second-order valence-electron chi connectivity index (χ2n) is 6.47. The van der Waals surface area contributed by atoms with Crippen LogP contribution in [0.4, 0.5) is 0 Å². The van der Waals surface area contributed by atoms with Crippen molar-refractivity contribution >= 4 is 0 Å². The van der Waals surface area contributed by atoms with Gasteiger partial charge >= 0.3 is 0 Å². The van der Waals surface area contributed by atoms with Crippen molar-refractivity contribution in [2.75, 3.05) is 33.0 Å². The van der Waals surface area contributed by atoms with Gasteiger partial charge in [-0.3, -0.25) is 0 Å². The lowest BCUT2D eigenvalue weighted by atomic mass is 9.90. The van der Waals surface area contributed by atoms with Gasteiger partial charge in [0.2, 0.25) is 0 Å². The second-order valence-corrected chi connectivity index (χ2v) is 6.47. The lowest BCUT2D eigenvalue weighted by molar-refractivity contribution is -0.204. The molecule has 0 atom stereocenters. The molecule has 3 rings (SSSR count). The Morgan fingerprint density at radius 1 is 1.00 bits per heavy atom. The summed E-state index contributed by atoms with van der Waals surface area (Å²) in [5.74, 6) is 0.903. The molecule has 20 heavy (non-hydrogen) atoms. The third-order valence-electron chi connectivity index (χ3n) is 3.81. The number of hydrogen-bond acceptors (Lipinski definition) is 4.